The van der Waals surface area contributed by atoms with Gasteiger partial charge in [-0.05, 0) is 5.92 Å². The van der Waals surface area contributed by atoms with Gasteiger partial charge in [-0.2, -0.15) is 16.1 Å². The van der Waals surface area contributed by atoms with Crippen LogP contribution >= 0.6 is 11.8 Å². The highest BCUT2D eigenvalue weighted by atomic mass is 32.2. The Labute approximate surface area is 120 Å². The van der Waals surface area contributed by atoms with Crippen molar-refractivity contribution in [2.75, 3.05) is 31.7 Å². The van der Waals surface area contributed by atoms with Gasteiger partial charge in [0.15, 0.2) is 0 Å². The lowest BCUT2D eigenvalue weighted by Crippen LogP contribution is -2.45. The van der Waals surface area contributed by atoms with Crippen LogP contribution in [0.1, 0.15) is 20.8 Å². The Bertz CT molecular complexity index is 408. The number of sulfonamides is 1. The zero-order chi connectivity index (χ0) is 14.6. The normalized spacial score (nSPS) is 23.3. The van der Waals surface area contributed by atoms with Crippen molar-refractivity contribution in [1.29, 1.82) is 0 Å². The summed E-state index contributed by atoms with van der Waals surface area (Å²) < 4.78 is 30.7. The molecule has 2 atom stereocenters. The summed E-state index contributed by atoms with van der Waals surface area (Å²) in [6.07, 6.45) is 0. The molecule has 0 aromatic rings. The molecule has 0 bridgehead atoms. The van der Waals surface area contributed by atoms with Crippen molar-refractivity contribution in [1.82, 2.24) is 4.31 Å². The third-order valence-corrected chi connectivity index (χ3v) is 6.84. The van der Waals surface area contributed by atoms with Crippen molar-refractivity contribution in [3.8, 4) is 0 Å². The Balaban J connectivity index is 2.69. The first-order valence-corrected chi connectivity index (χ1v) is 9.11. The summed E-state index contributed by atoms with van der Waals surface area (Å²) in [7, 11) is -2.11. The molecule has 1 rings (SSSR count). The molecule has 0 unspecified atom stereocenters. The molecule has 0 aromatic heterocycles. The second-order valence-electron chi connectivity index (χ2n) is 5.21. The molecule has 0 saturated carbocycles. The van der Waals surface area contributed by atoms with Crippen molar-refractivity contribution >= 4 is 27.8 Å². The van der Waals surface area contributed by atoms with Crippen molar-refractivity contribution in [3.05, 3.63) is 0 Å². The number of nitrogens with zero attached hydrogens (tertiary/aromatic N) is 1. The first-order chi connectivity index (χ1) is 8.77. The minimum atomic E-state index is -3.38. The van der Waals surface area contributed by atoms with Gasteiger partial charge in [0.2, 0.25) is 10.0 Å². The fraction of sp³-hybridized carbons (Fsp3) is 0.917. The molecule has 0 aliphatic carbocycles. The van der Waals surface area contributed by atoms with Crippen LogP contribution in [0.15, 0.2) is 0 Å². The molecule has 5 nitrogen and oxygen atoms in total. The molecule has 1 aliphatic rings. The number of carbonyl (C=O) groups excluding carboxylic acids is 1. The number of hydrogen-bond acceptors (Lipinski definition) is 5. The average molecular weight is 309 g/mol. The molecule has 0 aromatic carbocycles. The molecule has 1 fully saturated rings. The smallest absolute Gasteiger partial charge is 0.309 e. The van der Waals surface area contributed by atoms with E-state index >= 15 is 0 Å². The zero-order valence-corrected chi connectivity index (χ0v) is 13.6. The SMILES string of the molecule is COC(=O)[C@H](C)CS(=O)(=O)N1CCS[C@@H](C(C)C)C1. The number of rotatable bonds is 5. The van der Waals surface area contributed by atoms with Gasteiger partial charge in [0, 0.05) is 24.1 Å². The summed E-state index contributed by atoms with van der Waals surface area (Å²) in [5, 5.41) is 0.331. The highest BCUT2D eigenvalue weighted by Gasteiger charge is 2.33. The van der Waals surface area contributed by atoms with Crippen LogP contribution < -0.4 is 0 Å². The molecule has 19 heavy (non-hydrogen) atoms. The van der Waals surface area contributed by atoms with Gasteiger partial charge in [0.05, 0.1) is 18.8 Å². The van der Waals surface area contributed by atoms with Crippen LogP contribution in [-0.4, -0.2) is 55.6 Å². The van der Waals surface area contributed by atoms with Gasteiger partial charge in [-0.25, -0.2) is 8.42 Å². The Morgan fingerprint density at radius 2 is 2.05 bits per heavy atom. The Morgan fingerprint density at radius 3 is 2.58 bits per heavy atom. The summed E-state index contributed by atoms with van der Waals surface area (Å²) >= 11 is 1.82. The van der Waals surface area contributed by atoms with Crippen LogP contribution in [0.2, 0.25) is 0 Å². The molecule has 112 valence electrons. The lowest BCUT2D eigenvalue weighted by Gasteiger charge is -2.33. The van der Waals surface area contributed by atoms with E-state index < -0.39 is 21.9 Å². The molecule has 0 N–H and O–H groups in total. The molecule has 1 saturated heterocycles. The van der Waals surface area contributed by atoms with Crippen molar-refractivity contribution in [3.63, 3.8) is 0 Å². The van der Waals surface area contributed by atoms with Gasteiger partial charge in [0.1, 0.15) is 0 Å². The molecular formula is C12H23NO4S2. The monoisotopic (exact) mass is 309 g/mol. The predicted molar refractivity (Wildman–Crippen MR) is 77.6 cm³/mol. The minimum Gasteiger partial charge on any atom is -0.469 e. The van der Waals surface area contributed by atoms with Gasteiger partial charge in [-0.3, -0.25) is 4.79 Å². The van der Waals surface area contributed by atoms with E-state index in [2.05, 4.69) is 18.6 Å². The number of carbonyl (C=O) groups is 1. The third kappa shape index (κ3) is 4.65. The third-order valence-electron chi connectivity index (χ3n) is 3.26. The van der Waals surface area contributed by atoms with Gasteiger partial charge < -0.3 is 4.74 Å². The molecule has 0 spiro atoms. The van der Waals surface area contributed by atoms with E-state index in [0.29, 0.717) is 24.3 Å². The van der Waals surface area contributed by atoms with E-state index in [-0.39, 0.29) is 5.75 Å². The maximum Gasteiger partial charge on any atom is 0.309 e. The lowest BCUT2D eigenvalue weighted by molar-refractivity contribution is -0.144. The first-order valence-electron chi connectivity index (χ1n) is 6.45. The number of thioether (sulfide) groups is 1. The molecule has 1 heterocycles. The summed E-state index contributed by atoms with van der Waals surface area (Å²) in [5.41, 5.74) is 0. The average Bonchev–Trinajstić information content (AvgIpc) is 2.37. The summed E-state index contributed by atoms with van der Waals surface area (Å²) in [6.45, 7) is 6.86. The van der Waals surface area contributed by atoms with E-state index in [9.17, 15) is 13.2 Å². The van der Waals surface area contributed by atoms with Crippen molar-refractivity contribution in [2.24, 2.45) is 11.8 Å². The fourth-order valence-electron chi connectivity index (χ4n) is 2.00. The van der Waals surface area contributed by atoms with Crippen LogP contribution in [0.4, 0.5) is 0 Å². The fourth-order valence-corrected chi connectivity index (χ4v) is 5.24. The number of hydrogen-bond donors (Lipinski definition) is 0. The minimum absolute atomic E-state index is 0.171. The van der Waals surface area contributed by atoms with Crippen molar-refractivity contribution < 1.29 is 17.9 Å². The Hall–Kier alpha value is -0.270. The summed E-state index contributed by atoms with van der Waals surface area (Å²) in [4.78, 5) is 11.3. The quantitative estimate of drug-likeness (QED) is 0.714. The van der Waals surface area contributed by atoms with Gasteiger partial charge >= 0.3 is 5.97 Å². The maximum absolute atomic E-state index is 12.3. The highest BCUT2D eigenvalue weighted by molar-refractivity contribution is 8.00. The number of ether oxygens (including phenoxy) is 1. The predicted octanol–water partition coefficient (Wildman–Crippen LogP) is 1.20. The first kappa shape index (κ1) is 16.8. The van der Waals surface area contributed by atoms with Gasteiger partial charge in [-0.15, -0.1) is 0 Å². The largest absolute Gasteiger partial charge is 0.469 e. The van der Waals surface area contributed by atoms with Crippen LogP contribution in [0, 0.1) is 11.8 Å². The van der Waals surface area contributed by atoms with Crippen molar-refractivity contribution in [2.45, 2.75) is 26.0 Å². The zero-order valence-electron chi connectivity index (χ0n) is 12.0. The summed E-state index contributed by atoms with van der Waals surface area (Å²) in [6, 6.07) is 0. The second-order valence-corrected chi connectivity index (χ2v) is 8.57. The van der Waals surface area contributed by atoms with Crippen LogP contribution in [0.5, 0.6) is 0 Å². The highest BCUT2D eigenvalue weighted by Crippen LogP contribution is 2.27. The number of esters is 1. The maximum atomic E-state index is 12.3. The van der Waals surface area contributed by atoms with Crippen LogP contribution in [-0.2, 0) is 19.6 Å². The van der Waals surface area contributed by atoms with E-state index in [1.54, 1.807) is 6.92 Å². The summed E-state index contributed by atoms with van der Waals surface area (Å²) in [5.74, 6) is -0.0115. The molecule has 0 radical (unpaired) electrons. The molecular weight excluding hydrogens is 286 g/mol. The van der Waals surface area contributed by atoms with Gasteiger partial charge in [0.25, 0.3) is 0 Å². The van der Waals surface area contributed by atoms with E-state index in [1.165, 1.54) is 11.4 Å². The standard InChI is InChI=1S/C12H23NO4S2/c1-9(2)11-7-13(5-6-18-11)19(15,16)8-10(3)12(14)17-4/h9-11H,5-8H2,1-4H3/t10-,11-/m1/s1. The van der Waals surface area contributed by atoms with E-state index in [4.69, 9.17) is 0 Å². The second kappa shape index (κ2) is 6.95. The Kier molecular flexibility index (Phi) is 6.14. The van der Waals surface area contributed by atoms with E-state index in [1.807, 2.05) is 11.8 Å². The molecule has 0 amide bonds. The molecule has 7 heteroatoms. The van der Waals surface area contributed by atoms with Crippen LogP contribution in [0.25, 0.3) is 0 Å². The van der Waals surface area contributed by atoms with Crippen LogP contribution in [0.3, 0.4) is 0 Å². The Morgan fingerprint density at radius 1 is 1.42 bits per heavy atom. The number of methoxy groups -OCH3 is 1. The van der Waals surface area contributed by atoms with E-state index in [0.717, 1.165) is 5.75 Å². The van der Waals surface area contributed by atoms with Gasteiger partial charge in [-0.1, -0.05) is 20.8 Å². The molecule has 1 aliphatic heterocycles. The topological polar surface area (TPSA) is 63.7 Å². The lowest BCUT2D eigenvalue weighted by atomic mass is 10.1.